The SMILES string of the molecule is CC(C)(C)NC(=O)c1ccc(C(=O)NCCCN2CCCC2=O)cc1. The number of carbonyl (C=O) groups excluding carboxylic acids is 3. The lowest BCUT2D eigenvalue weighted by atomic mass is 10.1. The largest absolute Gasteiger partial charge is 0.352 e. The molecule has 1 aromatic rings. The van der Waals surface area contributed by atoms with E-state index in [2.05, 4.69) is 10.6 Å². The molecule has 2 N–H and O–H groups in total. The van der Waals surface area contributed by atoms with Gasteiger partial charge in [-0.3, -0.25) is 14.4 Å². The van der Waals surface area contributed by atoms with Crippen LogP contribution in [-0.2, 0) is 4.79 Å². The standard InChI is InChI=1S/C19H27N3O3/c1-19(2,3)21-18(25)15-9-7-14(8-10-15)17(24)20-11-5-13-22-12-4-6-16(22)23/h7-10H,4-6,11-13H2,1-3H3,(H,20,24)(H,21,25). The predicted octanol–water partition coefficient (Wildman–Crippen LogP) is 1.96. The molecular weight excluding hydrogens is 318 g/mol. The molecule has 0 radical (unpaired) electrons. The summed E-state index contributed by atoms with van der Waals surface area (Å²) in [4.78, 5) is 37.5. The molecule has 3 amide bonds. The maximum absolute atomic E-state index is 12.1. The maximum atomic E-state index is 12.1. The van der Waals surface area contributed by atoms with Gasteiger partial charge in [-0.2, -0.15) is 0 Å². The molecule has 1 heterocycles. The zero-order valence-electron chi connectivity index (χ0n) is 15.2. The van der Waals surface area contributed by atoms with Gasteiger partial charge in [-0.05, 0) is 57.9 Å². The first-order chi connectivity index (χ1) is 11.8. The number of likely N-dealkylation sites (tertiary alicyclic amines) is 1. The molecule has 0 atom stereocenters. The lowest BCUT2D eigenvalue weighted by Crippen LogP contribution is -2.40. The van der Waals surface area contributed by atoms with E-state index < -0.39 is 0 Å². The van der Waals surface area contributed by atoms with E-state index in [1.807, 2.05) is 25.7 Å². The molecule has 0 unspecified atom stereocenters. The van der Waals surface area contributed by atoms with Crippen LogP contribution in [0.1, 0.15) is 60.7 Å². The Balaban J connectivity index is 1.78. The molecule has 2 rings (SSSR count). The molecule has 25 heavy (non-hydrogen) atoms. The lowest BCUT2D eigenvalue weighted by Gasteiger charge is -2.20. The number of amides is 3. The number of hydrogen-bond donors (Lipinski definition) is 2. The molecule has 6 heteroatoms. The van der Waals surface area contributed by atoms with E-state index in [-0.39, 0.29) is 23.3 Å². The molecule has 136 valence electrons. The van der Waals surface area contributed by atoms with Gasteiger partial charge in [0.1, 0.15) is 0 Å². The van der Waals surface area contributed by atoms with Crippen molar-refractivity contribution in [2.45, 2.75) is 45.6 Å². The van der Waals surface area contributed by atoms with Crippen LogP contribution in [0, 0.1) is 0 Å². The minimum absolute atomic E-state index is 0.158. The molecule has 0 spiro atoms. The Bertz CT molecular complexity index is 632. The van der Waals surface area contributed by atoms with E-state index in [1.165, 1.54) is 0 Å². The average molecular weight is 345 g/mol. The van der Waals surface area contributed by atoms with Crippen molar-refractivity contribution in [3.63, 3.8) is 0 Å². The van der Waals surface area contributed by atoms with Crippen molar-refractivity contribution in [1.82, 2.24) is 15.5 Å². The van der Waals surface area contributed by atoms with Crippen LogP contribution in [0.4, 0.5) is 0 Å². The number of hydrogen-bond acceptors (Lipinski definition) is 3. The van der Waals surface area contributed by atoms with Gasteiger partial charge in [0.25, 0.3) is 11.8 Å². The Labute approximate surface area is 149 Å². The molecule has 0 saturated carbocycles. The van der Waals surface area contributed by atoms with Crippen LogP contribution in [0.25, 0.3) is 0 Å². The molecular formula is C19H27N3O3. The Morgan fingerprint density at radius 3 is 2.20 bits per heavy atom. The first-order valence-corrected chi connectivity index (χ1v) is 8.75. The summed E-state index contributed by atoms with van der Waals surface area (Å²) in [5, 5.41) is 5.73. The number of nitrogens with one attached hydrogen (secondary N) is 2. The average Bonchev–Trinajstić information content (AvgIpc) is 2.95. The van der Waals surface area contributed by atoms with E-state index in [0.717, 1.165) is 19.4 Å². The van der Waals surface area contributed by atoms with Crippen LogP contribution in [-0.4, -0.2) is 47.8 Å². The maximum Gasteiger partial charge on any atom is 0.251 e. The summed E-state index contributed by atoms with van der Waals surface area (Å²) in [5.74, 6) is -0.124. The molecule has 1 aromatic carbocycles. The molecule has 1 fully saturated rings. The number of nitrogens with zero attached hydrogens (tertiary/aromatic N) is 1. The Morgan fingerprint density at radius 2 is 1.68 bits per heavy atom. The minimum atomic E-state index is -0.302. The number of benzene rings is 1. The topological polar surface area (TPSA) is 78.5 Å². The summed E-state index contributed by atoms with van der Waals surface area (Å²) in [6.07, 6.45) is 2.31. The third-order valence-corrected chi connectivity index (χ3v) is 3.96. The first-order valence-electron chi connectivity index (χ1n) is 8.75. The predicted molar refractivity (Wildman–Crippen MR) is 96.4 cm³/mol. The highest BCUT2D eigenvalue weighted by Crippen LogP contribution is 2.10. The van der Waals surface area contributed by atoms with Crippen LogP contribution in [0.2, 0.25) is 0 Å². The number of carbonyl (C=O) groups is 3. The van der Waals surface area contributed by atoms with Gasteiger partial charge in [0.05, 0.1) is 0 Å². The van der Waals surface area contributed by atoms with Crippen LogP contribution in [0.15, 0.2) is 24.3 Å². The van der Waals surface area contributed by atoms with E-state index in [0.29, 0.717) is 30.6 Å². The smallest absolute Gasteiger partial charge is 0.251 e. The van der Waals surface area contributed by atoms with Crippen molar-refractivity contribution >= 4 is 17.7 Å². The highest BCUT2D eigenvalue weighted by Gasteiger charge is 2.19. The Kier molecular flexibility index (Phi) is 6.17. The highest BCUT2D eigenvalue weighted by atomic mass is 16.2. The van der Waals surface area contributed by atoms with Crippen molar-refractivity contribution < 1.29 is 14.4 Å². The Morgan fingerprint density at radius 1 is 1.08 bits per heavy atom. The summed E-state index contributed by atoms with van der Waals surface area (Å²) in [6.45, 7) is 7.79. The summed E-state index contributed by atoms with van der Waals surface area (Å²) in [7, 11) is 0. The molecule has 1 aliphatic heterocycles. The van der Waals surface area contributed by atoms with Gasteiger partial charge in [-0.15, -0.1) is 0 Å². The fraction of sp³-hybridized carbons (Fsp3) is 0.526. The van der Waals surface area contributed by atoms with Crippen LogP contribution in [0.3, 0.4) is 0 Å². The molecule has 0 bridgehead atoms. The van der Waals surface area contributed by atoms with Gasteiger partial charge in [-0.1, -0.05) is 0 Å². The molecule has 1 saturated heterocycles. The van der Waals surface area contributed by atoms with Gasteiger partial charge in [0.2, 0.25) is 5.91 Å². The van der Waals surface area contributed by atoms with Crippen LogP contribution >= 0.6 is 0 Å². The third kappa shape index (κ3) is 5.89. The van der Waals surface area contributed by atoms with Gasteiger partial charge in [0, 0.05) is 42.7 Å². The lowest BCUT2D eigenvalue weighted by molar-refractivity contribution is -0.127. The zero-order valence-corrected chi connectivity index (χ0v) is 15.2. The fourth-order valence-corrected chi connectivity index (χ4v) is 2.70. The zero-order chi connectivity index (χ0) is 18.4. The fourth-order valence-electron chi connectivity index (χ4n) is 2.70. The van der Waals surface area contributed by atoms with Gasteiger partial charge >= 0.3 is 0 Å². The Hall–Kier alpha value is -2.37. The second-order valence-corrected chi connectivity index (χ2v) is 7.38. The number of rotatable bonds is 6. The van der Waals surface area contributed by atoms with Gasteiger partial charge < -0.3 is 15.5 Å². The second kappa shape index (κ2) is 8.14. The highest BCUT2D eigenvalue weighted by molar-refractivity contribution is 5.98. The summed E-state index contributed by atoms with van der Waals surface area (Å²) in [5.41, 5.74) is 0.743. The van der Waals surface area contributed by atoms with E-state index in [1.54, 1.807) is 24.3 Å². The van der Waals surface area contributed by atoms with Gasteiger partial charge in [0.15, 0.2) is 0 Å². The summed E-state index contributed by atoms with van der Waals surface area (Å²) in [6, 6.07) is 6.60. The first kappa shape index (κ1) is 19.0. The van der Waals surface area contributed by atoms with Crippen molar-refractivity contribution in [1.29, 1.82) is 0 Å². The minimum Gasteiger partial charge on any atom is -0.352 e. The monoisotopic (exact) mass is 345 g/mol. The molecule has 0 aromatic heterocycles. The van der Waals surface area contributed by atoms with Crippen molar-refractivity contribution in [2.24, 2.45) is 0 Å². The van der Waals surface area contributed by atoms with Crippen molar-refractivity contribution in [3.8, 4) is 0 Å². The van der Waals surface area contributed by atoms with Crippen LogP contribution < -0.4 is 10.6 Å². The second-order valence-electron chi connectivity index (χ2n) is 7.38. The van der Waals surface area contributed by atoms with E-state index in [4.69, 9.17) is 0 Å². The van der Waals surface area contributed by atoms with E-state index in [9.17, 15) is 14.4 Å². The third-order valence-electron chi connectivity index (χ3n) is 3.96. The van der Waals surface area contributed by atoms with Gasteiger partial charge in [-0.25, -0.2) is 0 Å². The molecule has 0 aliphatic carbocycles. The summed E-state index contributed by atoms with van der Waals surface area (Å²) < 4.78 is 0. The van der Waals surface area contributed by atoms with E-state index >= 15 is 0 Å². The quantitative estimate of drug-likeness (QED) is 0.774. The normalized spacial score (nSPS) is 14.5. The molecule has 6 nitrogen and oxygen atoms in total. The van der Waals surface area contributed by atoms with Crippen LogP contribution in [0.5, 0.6) is 0 Å². The van der Waals surface area contributed by atoms with Crippen molar-refractivity contribution in [3.05, 3.63) is 35.4 Å². The summed E-state index contributed by atoms with van der Waals surface area (Å²) >= 11 is 0. The molecule has 1 aliphatic rings. The van der Waals surface area contributed by atoms with Crippen molar-refractivity contribution in [2.75, 3.05) is 19.6 Å².